The van der Waals surface area contributed by atoms with E-state index in [9.17, 15) is 13.2 Å². The van der Waals surface area contributed by atoms with Crippen molar-refractivity contribution in [1.29, 1.82) is 0 Å². The Balaban J connectivity index is 1.48. The van der Waals surface area contributed by atoms with E-state index >= 15 is 0 Å². The highest BCUT2D eigenvalue weighted by Crippen LogP contribution is 2.31. The third-order valence-electron chi connectivity index (χ3n) is 5.93. The molecule has 3 aromatic rings. The van der Waals surface area contributed by atoms with Crippen LogP contribution in [0.25, 0.3) is 11.1 Å². The molecular formula is C25H27N3O3S. The van der Waals surface area contributed by atoms with Gasteiger partial charge in [-0.3, -0.25) is 9.78 Å². The Labute approximate surface area is 189 Å². The summed E-state index contributed by atoms with van der Waals surface area (Å²) in [7, 11) is -3.22. The number of rotatable bonds is 8. The van der Waals surface area contributed by atoms with E-state index in [0.29, 0.717) is 18.5 Å². The van der Waals surface area contributed by atoms with Crippen LogP contribution in [0.5, 0.6) is 0 Å². The molecule has 2 heterocycles. The molecule has 1 aromatic carbocycles. The number of hydrogen-bond acceptors (Lipinski definition) is 6. The lowest BCUT2D eigenvalue weighted by molar-refractivity contribution is -0.122. The molecule has 0 N–H and O–H groups in total. The van der Waals surface area contributed by atoms with E-state index in [-0.39, 0.29) is 29.0 Å². The summed E-state index contributed by atoms with van der Waals surface area (Å²) in [6.45, 7) is 5.65. The molecule has 4 rings (SSSR count). The van der Waals surface area contributed by atoms with Gasteiger partial charge in [0.25, 0.3) is 0 Å². The fraction of sp³-hybridized carbons (Fsp3) is 0.360. The number of hydrogen-bond donors (Lipinski definition) is 0. The van der Waals surface area contributed by atoms with E-state index < -0.39 is 15.3 Å². The number of carbonyl (C=O) groups excluding carboxylic acids is 1. The van der Waals surface area contributed by atoms with E-state index in [0.717, 1.165) is 22.3 Å². The van der Waals surface area contributed by atoms with Crippen LogP contribution in [0.1, 0.15) is 49.3 Å². The Morgan fingerprint density at radius 2 is 1.78 bits per heavy atom. The summed E-state index contributed by atoms with van der Waals surface area (Å²) in [4.78, 5) is 26.0. The van der Waals surface area contributed by atoms with E-state index in [1.54, 1.807) is 12.3 Å². The maximum absolute atomic E-state index is 13.2. The maximum Gasteiger partial charge on any atom is 0.160 e. The SMILES string of the molecule is Cc1cncc(-c2ccc(CC(=O)C(C)(C)c3ccnc(CS(=O)(=O)C4CC4)n3)cc2)c1. The highest BCUT2D eigenvalue weighted by atomic mass is 32.2. The lowest BCUT2D eigenvalue weighted by Crippen LogP contribution is -2.32. The average molecular weight is 450 g/mol. The van der Waals surface area contributed by atoms with Gasteiger partial charge in [-0.1, -0.05) is 24.3 Å². The number of sulfone groups is 1. The molecule has 0 aliphatic heterocycles. The van der Waals surface area contributed by atoms with Gasteiger partial charge in [-0.15, -0.1) is 0 Å². The van der Waals surface area contributed by atoms with Gasteiger partial charge >= 0.3 is 0 Å². The van der Waals surface area contributed by atoms with Crippen molar-refractivity contribution in [1.82, 2.24) is 15.0 Å². The summed E-state index contributed by atoms with van der Waals surface area (Å²) < 4.78 is 24.6. The molecule has 0 amide bonds. The maximum atomic E-state index is 13.2. The highest BCUT2D eigenvalue weighted by Gasteiger charge is 2.37. The first-order chi connectivity index (χ1) is 15.1. The fourth-order valence-electron chi connectivity index (χ4n) is 3.62. The normalized spacial score (nSPS) is 14.3. The predicted molar refractivity (Wildman–Crippen MR) is 124 cm³/mol. The minimum atomic E-state index is -3.22. The van der Waals surface area contributed by atoms with E-state index in [2.05, 4.69) is 21.0 Å². The van der Waals surface area contributed by atoms with Crippen molar-refractivity contribution in [2.45, 2.75) is 56.5 Å². The largest absolute Gasteiger partial charge is 0.298 e. The second-order valence-corrected chi connectivity index (χ2v) is 11.3. The van der Waals surface area contributed by atoms with E-state index in [1.165, 1.54) is 0 Å². The van der Waals surface area contributed by atoms with Gasteiger partial charge in [0.1, 0.15) is 17.4 Å². The minimum Gasteiger partial charge on any atom is -0.298 e. The smallest absolute Gasteiger partial charge is 0.160 e. The summed E-state index contributed by atoms with van der Waals surface area (Å²) in [6, 6.07) is 11.7. The summed E-state index contributed by atoms with van der Waals surface area (Å²) in [5, 5.41) is -0.261. The quantitative estimate of drug-likeness (QED) is 0.516. The van der Waals surface area contributed by atoms with Crippen LogP contribution in [-0.2, 0) is 32.2 Å². The molecule has 1 aliphatic carbocycles. The Kier molecular flexibility index (Phi) is 5.95. The fourth-order valence-corrected chi connectivity index (χ4v) is 5.21. The second-order valence-electron chi connectivity index (χ2n) is 9.04. The molecule has 0 radical (unpaired) electrons. The molecule has 2 aromatic heterocycles. The molecule has 1 fully saturated rings. The van der Waals surface area contributed by atoms with Gasteiger partial charge < -0.3 is 0 Å². The van der Waals surface area contributed by atoms with Crippen LogP contribution in [0.15, 0.2) is 55.0 Å². The number of Topliss-reactive ketones (excluding diaryl/α,β-unsaturated/α-hetero) is 1. The number of pyridine rings is 1. The van der Waals surface area contributed by atoms with Crippen molar-refractivity contribution >= 4 is 15.6 Å². The second kappa shape index (κ2) is 8.54. The molecule has 0 bridgehead atoms. The first-order valence-electron chi connectivity index (χ1n) is 10.7. The van der Waals surface area contributed by atoms with Crippen LogP contribution in [-0.4, -0.2) is 34.4 Å². The summed E-state index contributed by atoms with van der Waals surface area (Å²) in [5.41, 5.74) is 3.78. The third-order valence-corrected chi connectivity index (χ3v) is 8.08. The highest BCUT2D eigenvalue weighted by molar-refractivity contribution is 7.91. The lowest BCUT2D eigenvalue weighted by atomic mass is 9.81. The molecule has 32 heavy (non-hydrogen) atoms. The van der Waals surface area contributed by atoms with Gasteiger partial charge in [0.15, 0.2) is 9.84 Å². The van der Waals surface area contributed by atoms with Gasteiger partial charge in [0.2, 0.25) is 0 Å². The van der Waals surface area contributed by atoms with E-state index in [1.807, 2.05) is 57.4 Å². The lowest BCUT2D eigenvalue weighted by Gasteiger charge is -2.23. The van der Waals surface area contributed by atoms with Crippen LogP contribution >= 0.6 is 0 Å². The molecular weight excluding hydrogens is 422 g/mol. The van der Waals surface area contributed by atoms with Crippen LogP contribution in [0.3, 0.4) is 0 Å². The molecule has 7 heteroatoms. The van der Waals surface area contributed by atoms with Crippen molar-refractivity contribution < 1.29 is 13.2 Å². The third kappa shape index (κ3) is 4.93. The summed E-state index contributed by atoms with van der Waals surface area (Å²) >= 11 is 0. The molecule has 6 nitrogen and oxygen atoms in total. The summed E-state index contributed by atoms with van der Waals surface area (Å²) in [6.07, 6.45) is 6.88. The Hall–Kier alpha value is -2.93. The molecule has 0 atom stereocenters. The van der Waals surface area contributed by atoms with Gasteiger partial charge in [-0.25, -0.2) is 18.4 Å². The van der Waals surface area contributed by atoms with E-state index in [4.69, 9.17) is 0 Å². The molecule has 166 valence electrons. The Morgan fingerprint density at radius 1 is 1.06 bits per heavy atom. The molecule has 0 saturated heterocycles. The number of nitrogens with zero attached hydrogens (tertiary/aromatic N) is 3. The van der Waals surface area contributed by atoms with Gasteiger partial charge in [0, 0.05) is 30.6 Å². The number of aryl methyl sites for hydroxylation is 1. The van der Waals surface area contributed by atoms with Crippen LogP contribution in [0.4, 0.5) is 0 Å². The Morgan fingerprint density at radius 3 is 2.44 bits per heavy atom. The molecule has 1 saturated carbocycles. The van der Waals surface area contributed by atoms with Crippen LogP contribution < -0.4 is 0 Å². The van der Waals surface area contributed by atoms with Gasteiger partial charge in [-0.2, -0.15) is 0 Å². The van der Waals surface area contributed by atoms with Crippen molar-refractivity contribution in [3.63, 3.8) is 0 Å². The predicted octanol–water partition coefficient (Wildman–Crippen LogP) is 4.01. The van der Waals surface area contributed by atoms with Crippen molar-refractivity contribution in [3.05, 3.63) is 77.6 Å². The number of carbonyl (C=O) groups is 1. The average Bonchev–Trinajstić information content (AvgIpc) is 3.60. The molecule has 0 spiro atoms. The van der Waals surface area contributed by atoms with Gasteiger partial charge in [0.05, 0.1) is 16.4 Å². The zero-order valence-corrected chi connectivity index (χ0v) is 19.4. The number of aromatic nitrogens is 3. The topological polar surface area (TPSA) is 89.9 Å². The molecule has 1 aliphatic rings. The minimum absolute atomic E-state index is 0.0113. The summed E-state index contributed by atoms with van der Waals surface area (Å²) in [5.74, 6) is 0.0917. The van der Waals surface area contributed by atoms with Gasteiger partial charge in [-0.05, 0) is 62.4 Å². The zero-order chi connectivity index (χ0) is 22.9. The van der Waals surface area contributed by atoms with Crippen molar-refractivity contribution in [2.75, 3.05) is 0 Å². The molecule has 0 unspecified atom stereocenters. The van der Waals surface area contributed by atoms with Crippen LogP contribution in [0, 0.1) is 6.92 Å². The number of benzene rings is 1. The van der Waals surface area contributed by atoms with Crippen molar-refractivity contribution in [3.8, 4) is 11.1 Å². The first-order valence-corrected chi connectivity index (χ1v) is 12.4. The van der Waals surface area contributed by atoms with Crippen molar-refractivity contribution in [2.24, 2.45) is 0 Å². The standard InChI is InChI=1S/C25H27N3O3S/c1-17-12-20(15-26-14-17)19-6-4-18(5-7-19)13-23(29)25(2,3)22-10-11-27-24(28-22)16-32(30,31)21-8-9-21/h4-7,10-12,14-15,21H,8-9,13,16H2,1-3H3. The number of ketones is 1. The monoisotopic (exact) mass is 449 g/mol. The van der Waals surface area contributed by atoms with Crippen LogP contribution in [0.2, 0.25) is 0 Å². The Bertz CT molecular complexity index is 1250. The first kappa shape index (κ1) is 22.3. The zero-order valence-electron chi connectivity index (χ0n) is 18.6.